The van der Waals surface area contributed by atoms with Crippen molar-refractivity contribution in [3.05, 3.63) is 40.8 Å². The van der Waals surface area contributed by atoms with Crippen LogP contribution < -0.4 is 0 Å². The largest absolute Gasteiger partial charge is 0.441 e. The first-order valence-electron chi connectivity index (χ1n) is 10.3. The second kappa shape index (κ2) is 7.39. The maximum Gasteiger partial charge on any atom is 0.441 e. The zero-order valence-corrected chi connectivity index (χ0v) is 19.9. The molecule has 0 saturated heterocycles. The van der Waals surface area contributed by atoms with Gasteiger partial charge in [0.1, 0.15) is 0 Å². The molecule has 25 heavy (non-hydrogen) atoms. The molecule has 0 radical (unpaired) electrons. The minimum absolute atomic E-state index is 0.319. The predicted molar refractivity (Wildman–Crippen MR) is 114 cm³/mol. The van der Waals surface area contributed by atoms with E-state index in [1.165, 1.54) is 25.7 Å². The van der Waals surface area contributed by atoms with Gasteiger partial charge in [-0.2, -0.15) is 7.40 Å². The Kier molecular flexibility index (Phi) is 6.22. The van der Waals surface area contributed by atoms with Crippen LogP contribution in [-0.2, 0) is 0 Å². The zero-order chi connectivity index (χ0) is 19.2. The molecule has 2 aliphatic rings. The average Bonchev–Trinajstić information content (AvgIpc) is 2.81. The molecule has 0 amide bonds. The lowest BCUT2D eigenvalue weighted by Gasteiger charge is -2.37. The van der Waals surface area contributed by atoms with Crippen molar-refractivity contribution >= 4 is 20.4 Å². The fourth-order valence-corrected chi connectivity index (χ4v) is 8.71. The van der Waals surface area contributed by atoms with Crippen molar-refractivity contribution in [1.29, 1.82) is 0 Å². The lowest BCUT2D eigenvalue weighted by molar-refractivity contribution is 0.445. The minimum Gasteiger partial charge on any atom is -0.173 e. The van der Waals surface area contributed by atoms with Gasteiger partial charge in [-0.3, -0.25) is 0 Å². The van der Waals surface area contributed by atoms with Gasteiger partial charge >= 0.3 is 20.4 Å². The number of hydrogen-bond donors (Lipinski definition) is 0. The molecule has 0 aromatic rings. The molecule has 0 aliphatic heterocycles. The number of allylic oxidation sites excluding steroid dienone is 8. The fourth-order valence-electron chi connectivity index (χ4n) is 5.63. The highest BCUT2D eigenvalue weighted by atomic mass is 24.5. The van der Waals surface area contributed by atoms with E-state index in [-0.39, 0.29) is 0 Å². The van der Waals surface area contributed by atoms with Gasteiger partial charge in [-0.05, 0) is 65.2 Å². The number of hydrogen-bond acceptors (Lipinski definition) is 0. The molecule has 0 spiro atoms. The van der Waals surface area contributed by atoms with Crippen LogP contribution in [0, 0.1) is 10.8 Å². The highest BCUT2D eigenvalue weighted by molar-refractivity contribution is 6.56. The first-order valence-corrected chi connectivity index (χ1v) is 11.7. The molecule has 1 heteroatoms. The van der Waals surface area contributed by atoms with Crippen LogP contribution in [0.25, 0.3) is 0 Å². The van der Waals surface area contributed by atoms with Gasteiger partial charge < -0.3 is 0 Å². The summed E-state index contributed by atoms with van der Waals surface area (Å²) < 4.78 is 3.67. The summed E-state index contributed by atoms with van der Waals surface area (Å²) in [5, 5.41) is 0. The molecule has 0 bridgehead atoms. The van der Waals surface area contributed by atoms with E-state index in [1.54, 1.807) is 33.4 Å². The van der Waals surface area contributed by atoms with Gasteiger partial charge in [-0.15, -0.1) is 0 Å². The Morgan fingerprint density at radius 3 is 1.20 bits per heavy atom. The van der Waals surface area contributed by atoms with Gasteiger partial charge in [0.15, 0.2) is 0 Å². The molecule has 0 nitrogen and oxygen atoms in total. The van der Waals surface area contributed by atoms with E-state index in [0.717, 1.165) is 0 Å². The molecule has 0 N–H and O–H groups in total. The summed E-state index contributed by atoms with van der Waals surface area (Å²) in [4.78, 5) is 0. The Hall–Kier alpha value is -0.274. The van der Waals surface area contributed by atoms with E-state index in [4.69, 9.17) is 0 Å². The van der Waals surface area contributed by atoms with Crippen LogP contribution in [0.2, 0.25) is 0 Å². The summed E-state index contributed by atoms with van der Waals surface area (Å²) in [6.45, 7) is 24.1. The monoisotopic (exact) mass is 350 g/mol. The third-order valence-corrected chi connectivity index (χ3v) is 11.3. The van der Waals surface area contributed by atoms with Gasteiger partial charge in [0.25, 0.3) is 0 Å². The van der Waals surface area contributed by atoms with Gasteiger partial charge in [0, 0.05) is 0 Å². The lowest BCUT2D eigenvalue weighted by atomic mass is 9.80. The van der Waals surface area contributed by atoms with Crippen molar-refractivity contribution in [3.63, 3.8) is 0 Å². The van der Waals surface area contributed by atoms with Crippen LogP contribution >= 0.6 is 0 Å². The Morgan fingerprint density at radius 2 is 0.920 bits per heavy atom. The number of rotatable bonds is 6. The molecular weight excluding hydrogens is 313 g/mol. The third kappa shape index (κ3) is 3.14. The minimum atomic E-state index is -0.431. The van der Waals surface area contributed by atoms with Gasteiger partial charge in [0.2, 0.25) is 0 Å². The van der Waals surface area contributed by atoms with Gasteiger partial charge in [-0.1, -0.05) is 74.0 Å². The molecule has 2 aliphatic carbocycles. The molecule has 2 rings (SSSR count). The molecule has 0 fully saturated rings. The Morgan fingerprint density at radius 1 is 0.600 bits per heavy atom. The van der Waals surface area contributed by atoms with Crippen molar-refractivity contribution in [1.82, 2.24) is 0 Å². The maximum atomic E-state index is 2.53. The quantitative estimate of drug-likeness (QED) is 0.434. The topological polar surface area (TPSA) is 0 Å². The third-order valence-electron chi connectivity index (χ3n) is 8.00. The van der Waals surface area contributed by atoms with E-state index in [2.05, 4.69) is 69.2 Å². The summed E-state index contributed by atoms with van der Waals surface area (Å²) in [7, 11) is 0. The molecule has 136 valence electrons. The van der Waals surface area contributed by atoms with Crippen molar-refractivity contribution in [2.45, 2.75) is 94.9 Å². The highest BCUT2D eigenvalue weighted by Gasteiger charge is 2.43. The average molecular weight is 351 g/mol. The van der Waals surface area contributed by atoms with E-state index in [1.807, 2.05) is 7.40 Å². The second-order valence-corrected chi connectivity index (χ2v) is 10.8. The standard InChI is InChI=1S/2C12H19.Mg/c2*1-6-7-12(5)8-9(2)10(3)11(12)4;/h2*6-7H2,1-5H3;. The second-order valence-electron chi connectivity index (χ2n) is 9.05. The lowest BCUT2D eigenvalue weighted by Crippen LogP contribution is -2.29. The summed E-state index contributed by atoms with van der Waals surface area (Å²) in [5.74, 6) is 0. The van der Waals surface area contributed by atoms with Crippen LogP contribution in [0.5, 0.6) is 0 Å². The molecule has 0 aromatic heterocycles. The van der Waals surface area contributed by atoms with E-state index in [9.17, 15) is 0 Å². The summed E-state index contributed by atoms with van der Waals surface area (Å²) in [6, 6.07) is 0. The van der Waals surface area contributed by atoms with Crippen LogP contribution in [0.1, 0.15) is 94.9 Å². The molecule has 2 unspecified atom stereocenters. The van der Waals surface area contributed by atoms with E-state index >= 15 is 0 Å². The summed E-state index contributed by atoms with van der Waals surface area (Å²) in [6.07, 6.45) is 5.15. The predicted octanol–water partition coefficient (Wildman–Crippen LogP) is 7.55. The highest BCUT2D eigenvalue weighted by Crippen LogP contribution is 2.54. The molecule has 0 heterocycles. The van der Waals surface area contributed by atoms with Crippen LogP contribution in [-0.4, -0.2) is 20.4 Å². The van der Waals surface area contributed by atoms with E-state index in [0.29, 0.717) is 10.8 Å². The first-order chi connectivity index (χ1) is 11.6. The van der Waals surface area contributed by atoms with Crippen LogP contribution in [0.4, 0.5) is 0 Å². The van der Waals surface area contributed by atoms with Gasteiger partial charge in [-0.25, -0.2) is 0 Å². The SMILES string of the molecule is CCCC1(C)C(C)=C(C)C(C)=[C]1[Mg][C]1=C(C)C(C)=C(C)C1(C)CCC. The van der Waals surface area contributed by atoms with Crippen molar-refractivity contribution in [3.8, 4) is 0 Å². The Labute approximate surface area is 166 Å². The van der Waals surface area contributed by atoms with Crippen LogP contribution in [0.15, 0.2) is 40.8 Å². The fraction of sp³-hybridized carbons (Fsp3) is 0.667. The molecule has 2 atom stereocenters. The Bertz CT molecular complexity index is 638. The summed E-state index contributed by atoms with van der Waals surface area (Å²) in [5.41, 5.74) is 10.3. The zero-order valence-electron chi connectivity index (χ0n) is 18.5. The summed E-state index contributed by atoms with van der Waals surface area (Å²) >= 11 is -0.431. The molecule has 0 saturated carbocycles. The first kappa shape index (κ1) is 21.0. The molecule has 0 aromatic carbocycles. The van der Waals surface area contributed by atoms with Gasteiger partial charge in [0.05, 0.1) is 0 Å². The smallest absolute Gasteiger partial charge is 0.173 e. The normalized spacial score (nSPS) is 30.2. The van der Waals surface area contributed by atoms with Crippen molar-refractivity contribution < 1.29 is 0 Å². The van der Waals surface area contributed by atoms with Crippen molar-refractivity contribution in [2.75, 3.05) is 0 Å². The van der Waals surface area contributed by atoms with Crippen molar-refractivity contribution in [2.24, 2.45) is 10.8 Å². The molecular formula is C24H38Mg. The van der Waals surface area contributed by atoms with E-state index < -0.39 is 20.4 Å². The maximum absolute atomic E-state index is 2.53. The van der Waals surface area contributed by atoms with Crippen LogP contribution in [0.3, 0.4) is 0 Å². The Balaban J connectivity index is 2.51.